The van der Waals surface area contributed by atoms with Gasteiger partial charge in [-0.05, 0) is 42.3 Å². The summed E-state index contributed by atoms with van der Waals surface area (Å²) in [6, 6.07) is 17.1. The van der Waals surface area contributed by atoms with Gasteiger partial charge >= 0.3 is 0 Å². The lowest BCUT2D eigenvalue weighted by atomic mass is 10.0. The molecule has 0 amide bonds. The summed E-state index contributed by atoms with van der Waals surface area (Å²) in [5.74, 6) is 0.758. The summed E-state index contributed by atoms with van der Waals surface area (Å²) < 4.78 is 5.60. The lowest BCUT2D eigenvalue weighted by Gasteiger charge is -2.10. The van der Waals surface area contributed by atoms with E-state index in [1.165, 1.54) is 11.8 Å². The van der Waals surface area contributed by atoms with Crippen LogP contribution in [-0.2, 0) is 12.8 Å². The molecule has 3 rings (SSSR count). The molecule has 0 fully saturated rings. The molecule has 0 atom stereocenters. The highest BCUT2D eigenvalue weighted by molar-refractivity contribution is 7.99. The van der Waals surface area contributed by atoms with Crippen LogP contribution in [-0.4, -0.2) is 16.6 Å². The summed E-state index contributed by atoms with van der Waals surface area (Å²) in [5.41, 5.74) is 2.88. The van der Waals surface area contributed by atoms with Crippen molar-refractivity contribution in [2.45, 2.75) is 29.8 Å². The van der Waals surface area contributed by atoms with E-state index in [1.807, 2.05) is 43.3 Å². The van der Waals surface area contributed by atoms with Crippen LogP contribution in [0.15, 0.2) is 76.0 Å². The number of rotatable bonds is 8. The summed E-state index contributed by atoms with van der Waals surface area (Å²) >= 11 is 1.34. The molecule has 0 radical (unpaired) electrons. The zero-order valence-electron chi connectivity index (χ0n) is 16.1. The number of ether oxygens (including phenoxy) is 1. The van der Waals surface area contributed by atoms with E-state index in [1.54, 1.807) is 18.2 Å². The molecule has 0 aliphatic heterocycles. The van der Waals surface area contributed by atoms with Crippen LogP contribution in [0.1, 0.15) is 29.3 Å². The van der Waals surface area contributed by atoms with Crippen molar-refractivity contribution >= 4 is 11.8 Å². The standard InChI is InChI=1S/C23H21N3O2S/c1-3-11-28-18-9-5-7-16(12-18)14-21-20(4-2)22(27)26-23(25-21)29-19-10-6-8-17(13-19)15-24/h3,5-10,12-13H,1,4,11,14H2,2H3,(H,25,26,27). The van der Waals surface area contributed by atoms with Gasteiger partial charge in [0.05, 0.1) is 17.3 Å². The van der Waals surface area contributed by atoms with Gasteiger partial charge in [0.2, 0.25) is 0 Å². The maximum Gasteiger partial charge on any atom is 0.254 e. The molecule has 0 aliphatic carbocycles. The Morgan fingerprint density at radius 2 is 2.10 bits per heavy atom. The number of nitriles is 1. The third kappa shape index (κ3) is 5.37. The van der Waals surface area contributed by atoms with Crippen molar-refractivity contribution in [1.29, 1.82) is 5.26 Å². The summed E-state index contributed by atoms with van der Waals surface area (Å²) in [6.07, 6.45) is 2.83. The lowest BCUT2D eigenvalue weighted by Crippen LogP contribution is -2.18. The second-order valence-electron chi connectivity index (χ2n) is 6.32. The van der Waals surface area contributed by atoms with Gasteiger partial charge in [-0.3, -0.25) is 4.79 Å². The first kappa shape index (κ1) is 20.4. The second-order valence-corrected chi connectivity index (χ2v) is 7.38. The van der Waals surface area contributed by atoms with Gasteiger partial charge in [0.1, 0.15) is 12.4 Å². The molecule has 0 saturated heterocycles. The number of hydrogen-bond donors (Lipinski definition) is 1. The quantitative estimate of drug-likeness (QED) is 0.442. The predicted molar refractivity (Wildman–Crippen MR) is 114 cm³/mol. The Hall–Kier alpha value is -3.30. The fraction of sp³-hybridized carbons (Fsp3) is 0.174. The summed E-state index contributed by atoms with van der Waals surface area (Å²) in [6.45, 7) is 6.05. The number of nitrogens with one attached hydrogen (secondary N) is 1. The SMILES string of the molecule is C=CCOc1cccc(Cc2nc(Sc3cccc(C#N)c3)[nH]c(=O)c2CC)c1. The van der Waals surface area contributed by atoms with Crippen LogP contribution < -0.4 is 10.3 Å². The molecule has 0 aliphatic rings. The molecule has 1 aromatic heterocycles. The molecule has 2 aromatic carbocycles. The molecule has 0 unspecified atom stereocenters. The fourth-order valence-corrected chi connectivity index (χ4v) is 3.77. The van der Waals surface area contributed by atoms with E-state index in [-0.39, 0.29) is 5.56 Å². The van der Waals surface area contributed by atoms with Gasteiger partial charge in [0.25, 0.3) is 5.56 Å². The van der Waals surface area contributed by atoms with Gasteiger partial charge < -0.3 is 9.72 Å². The summed E-state index contributed by atoms with van der Waals surface area (Å²) in [7, 11) is 0. The van der Waals surface area contributed by atoms with E-state index in [9.17, 15) is 4.79 Å². The molecule has 6 heteroatoms. The molecule has 0 bridgehead atoms. The molecule has 1 N–H and O–H groups in total. The number of H-pyrrole nitrogens is 1. The molecule has 0 spiro atoms. The lowest BCUT2D eigenvalue weighted by molar-refractivity contribution is 0.363. The summed E-state index contributed by atoms with van der Waals surface area (Å²) in [5, 5.41) is 9.59. The van der Waals surface area contributed by atoms with E-state index in [2.05, 4.69) is 17.6 Å². The molecular weight excluding hydrogens is 382 g/mol. The van der Waals surface area contributed by atoms with E-state index < -0.39 is 0 Å². The Labute approximate surface area is 174 Å². The van der Waals surface area contributed by atoms with Crippen LogP contribution in [0.5, 0.6) is 5.75 Å². The van der Waals surface area contributed by atoms with Crippen molar-refractivity contribution in [1.82, 2.24) is 9.97 Å². The molecule has 5 nitrogen and oxygen atoms in total. The van der Waals surface area contributed by atoms with Gasteiger partial charge in [-0.15, -0.1) is 0 Å². The molecule has 0 saturated carbocycles. The van der Waals surface area contributed by atoms with Crippen molar-refractivity contribution in [2.24, 2.45) is 0 Å². The van der Waals surface area contributed by atoms with Gasteiger partial charge in [0.15, 0.2) is 5.16 Å². The monoisotopic (exact) mass is 403 g/mol. The summed E-state index contributed by atoms with van der Waals surface area (Å²) in [4.78, 5) is 21.0. The maximum atomic E-state index is 12.6. The average Bonchev–Trinajstić information content (AvgIpc) is 2.72. The molecule has 3 aromatic rings. The normalized spacial score (nSPS) is 10.3. The number of aromatic amines is 1. The third-order valence-corrected chi connectivity index (χ3v) is 5.12. The van der Waals surface area contributed by atoms with Gasteiger partial charge in [-0.1, -0.05) is 49.5 Å². The number of nitrogens with zero attached hydrogens (tertiary/aromatic N) is 2. The third-order valence-electron chi connectivity index (χ3n) is 4.25. The van der Waals surface area contributed by atoms with Crippen LogP contribution >= 0.6 is 11.8 Å². The molecule has 1 heterocycles. The Morgan fingerprint density at radius 1 is 1.28 bits per heavy atom. The Morgan fingerprint density at radius 3 is 2.86 bits per heavy atom. The van der Waals surface area contributed by atoms with Crippen LogP contribution in [0, 0.1) is 11.3 Å². The molecular formula is C23H21N3O2S. The first-order chi connectivity index (χ1) is 14.1. The van der Waals surface area contributed by atoms with Crippen molar-refractivity contribution in [2.75, 3.05) is 6.61 Å². The maximum absolute atomic E-state index is 12.6. The predicted octanol–water partition coefficient (Wildman–Crippen LogP) is 4.51. The van der Waals surface area contributed by atoms with Crippen molar-refractivity contribution in [3.05, 3.63) is 93.9 Å². The minimum atomic E-state index is -0.129. The first-order valence-corrected chi connectivity index (χ1v) is 10.1. The van der Waals surface area contributed by atoms with Crippen molar-refractivity contribution in [3.63, 3.8) is 0 Å². The first-order valence-electron chi connectivity index (χ1n) is 9.25. The number of hydrogen-bond acceptors (Lipinski definition) is 5. The smallest absolute Gasteiger partial charge is 0.254 e. The van der Waals surface area contributed by atoms with E-state index >= 15 is 0 Å². The van der Waals surface area contributed by atoms with Gasteiger partial charge in [0, 0.05) is 16.9 Å². The van der Waals surface area contributed by atoms with Crippen LogP contribution in [0.3, 0.4) is 0 Å². The topological polar surface area (TPSA) is 78.8 Å². The fourth-order valence-electron chi connectivity index (χ4n) is 2.92. The zero-order chi connectivity index (χ0) is 20.6. The number of benzene rings is 2. The zero-order valence-corrected chi connectivity index (χ0v) is 17.0. The minimum Gasteiger partial charge on any atom is -0.490 e. The Bertz CT molecular complexity index is 1120. The molecule has 29 heavy (non-hydrogen) atoms. The van der Waals surface area contributed by atoms with E-state index in [0.717, 1.165) is 21.9 Å². The Balaban J connectivity index is 1.90. The van der Waals surface area contributed by atoms with Crippen LogP contribution in [0.2, 0.25) is 0 Å². The van der Waals surface area contributed by atoms with Crippen LogP contribution in [0.4, 0.5) is 0 Å². The van der Waals surface area contributed by atoms with Crippen LogP contribution in [0.25, 0.3) is 0 Å². The molecule has 146 valence electrons. The largest absolute Gasteiger partial charge is 0.490 e. The highest BCUT2D eigenvalue weighted by Gasteiger charge is 2.12. The number of aromatic nitrogens is 2. The van der Waals surface area contributed by atoms with E-state index in [4.69, 9.17) is 15.0 Å². The highest BCUT2D eigenvalue weighted by atomic mass is 32.2. The van der Waals surface area contributed by atoms with Crippen molar-refractivity contribution in [3.8, 4) is 11.8 Å². The van der Waals surface area contributed by atoms with Crippen molar-refractivity contribution < 1.29 is 4.74 Å². The van der Waals surface area contributed by atoms with Gasteiger partial charge in [-0.25, -0.2) is 4.98 Å². The highest BCUT2D eigenvalue weighted by Crippen LogP contribution is 2.26. The second kappa shape index (κ2) is 9.76. The average molecular weight is 404 g/mol. The Kier molecular flexibility index (Phi) is 6.88. The van der Waals surface area contributed by atoms with Gasteiger partial charge in [-0.2, -0.15) is 5.26 Å². The van der Waals surface area contributed by atoms with E-state index in [0.29, 0.717) is 35.7 Å². The minimum absolute atomic E-state index is 0.129.